The Kier molecular flexibility index (Phi) is 6.60. The number of rotatable bonds is 6. The average Bonchev–Trinajstić information content (AvgIpc) is 2.56. The summed E-state index contributed by atoms with van der Waals surface area (Å²) in [6, 6.07) is 4.22. The number of carbonyl (C=O) groups is 2. The SMILES string of the molecule is Cc1ccc(S(C)(=O)=O)cc1NC(=O)NCCN1CCCC(C(N)=O)C1. The number of nitrogens with zero attached hydrogens (tertiary/aromatic N) is 1. The minimum absolute atomic E-state index is 0.126. The molecule has 1 unspecified atom stereocenters. The molecule has 3 amide bonds. The molecule has 0 aromatic heterocycles. The second-order valence-corrected chi connectivity index (χ2v) is 8.69. The van der Waals surface area contributed by atoms with Crippen LogP contribution in [-0.4, -0.2) is 57.7 Å². The van der Waals surface area contributed by atoms with Crippen LogP contribution in [0, 0.1) is 12.8 Å². The molecule has 1 saturated heterocycles. The largest absolute Gasteiger partial charge is 0.369 e. The van der Waals surface area contributed by atoms with Crippen molar-refractivity contribution in [3.63, 3.8) is 0 Å². The number of hydrogen-bond acceptors (Lipinski definition) is 5. The number of benzene rings is 1. The predicted molar refractivity (Wildman–Crippen MR) is 99.7 cm³/mol. The van der Waals surface area contributed by atoms with Crippen molar-refractivity contribution in [3.8, 4) is 0 Å². The van der Waals surface area contributed by atoms with Gasteiger partial charge in [-0.1, -0.05) is 6.07 Å². The molecule has 1 aliphatic heterocycles. The molecule has 0 spiro atoms. The molecular weight excluding hydrogens is 356 g/mol. The maximum atomic E-state index is 12.1. The van der Waals surface area contributed by atoms with Crippen LogP contribution in [0.4, 0.5) is 10.5 Å². The number of anilines is 1. The van der Waals surface area contributed by atoms with Gasteiger partial charge in [0, 0.05) is 31.6 Å². The zero-order valence-corrected chi connectivity index (χ0v) is 15.9. The van der Waals surface area contributed by atoms with Gasteiger partial charge in [0.2, 0.25) is 5.91 Å². The van der Waals surface area contributed by atoms with Gasteiger partial charge < -0.3 is 21.3 Å². The number of sulfone groups is 1. The van der Waals surface area contributed by atoms with Gasteiger partial charge in [0.05, 0.1) is 10.8 Å². The fourth-order valence-electron chi connectivity index (χ4n) is 2.95. The molecule has 1 heterocycles. The first-order valence-corrected chi connectivity index (χ1v) is 10.4. The van der Waals surface area contributed by atoms with E-state index in [9.17, 15) is 18.0 Å². The van der Waals surface area contributed by atoms with E-state index in [4.69, 9.17) is 5.73 Å². The van der Waals surface area contributed by atoms with Crippen LogP contribution in [-0.2, 0) is 14.6 Å². The third kappa shape index (κ3) is 5.70. The van der Waals surface area contributed by atoms with Crippen LogP contribution < -0.4 is 16.4 Å². The van der Waals surface area contributed by atoms with Gasteiger partial charge in [0.25, 0.3) is 0 Å². The monoisotopic (exact) mass is 382 g/mol. The summed E-state index contributed by atoms with van der Waals surface area (Å²) in [5.41, 5.74) is 6.59. The molecule has 8 nitrogen and oxygen atoms in total. The Morgan fingerprint density at radius 1 is 1.35 bits per heavy atom. The summed E-state index contributed by atoms with van der Waals surface area (Å²) in [5.74, 6) is -0.402. The van der Waals surface area contributed by atoms with Gasteiger partial charge in [-0.2, -0.15) is 0 Å². The number of primary amides is 1. The van der Waals surface area contributed by atoms with Crippen LogP contribution in [0.3, 0.4) is 0 Å². The summed E-state index contributed by atoms with van der Waals surface area (Å²) in [7, 11) is -3.34. The first kappa shape index (κ1) is 20.2. The van der Waals surface area contributed by atoms with Gasteiger partial charge in [-0.3, -0.25) is 4.79 Å². The molecule has 1 atom stereocenters. The molecule has 0 aliphatic carbocycles. The lowest BCUT2D eigenvalue weighted by Gasteiger charge is -2.31. The minimum Gasteiger partial charge on any atom is -0.369 e. The van der Waals surface area contributed by atoms with Crippen molar-refractivity contribution in [2.75, 3.05) is 37.8 Å². The minimum atomic E-state index is -3.34. The van der Waals surface area contributed by atoms with Gasteiger partial charge in [-0.15, -0.1) is 0 Å². The second kappa shape index (κ2) is 8.50. The van der Waals surface area contributed by atoms with E-state index in [2.05, 4.69) is 15.5 Å². The summed E-state index contributed by atoms with van der Waals surface area (Å²) in [6.07, 6.45) is 2.85. The Morgan fingerprint density at radius 3 is 2.73 bits per heavy atom. The van der Waals surface area contributed by atoms with E-state index in [0.29, 0.717) is 25.3 Å². The number of hydrogen-bond donors (Lipinski definition) is 3. The van der Waals surface area contributed by atoms with Crippen molar-refractivity contribution in [1.82, 2.24) is 10.2 Å². The molecular formula is C17H26N4O4S. The van der Waals surface area contributed by atoms with Crippen molar-refractivity contribution in [2.45, 2.75) is 24.7 Å². The first-order chi connectivity index (χ1) is 12.2. The molecule has 0 saturated carbocycles. The number of urea groups is 1. The molecule has 144 valence electrons. The van der Waals surface area contributed by atoms with Crippen molar-refractivity contribution >= 4 is 27.5 Å². The van der Waals surface area contributed by atoms with Crippen LogP contribution in [0.15, 0.2) is 23.1 Å². The Bertz CT molecular complexity index is 779. The molecule has 1 fully saturated rings. The third-order valence-corrected chi connectivity index (χ3v) is 5.62. The molecule has 1 aromatic rings. The number of piperidine rings is 1. The molecule has 9 heteroatoms. The first-order valence-electron chi connectivity index (χ1n) is 8.54. The van der Waals surface area contributed by atoms with Crippen LogP contribution in [0.1, 0.15) is 18.4 Å². The quantitative estimate of drug-likeness (QED) is 0.669. The number of likely N-dealkylation sites (tertiary alicyclic amines) is 1. The Morgan fingerprint density at radius 2 is 2.08 bits per heavy atom. The van der Waals surface area contributed by atoms with Crippen molar-refractivity contribution in [2.24, 2.45) is 11.7 Å². The predicted octanol–water partition coefficient (Wildman–Crippen LogP) is 0.717. The van der Waals surface area contributed by atoms with Crippen LogP contribution >= 0.6 is 0 Å². The Balaban J connectivity index is 1.85. The Hall–Kier alpha value is -2.13. The summed E-state index contributed by atoms with van der Waals surface area (Å²) in [4.78, 5) is 25.6. The molecule has 1 aliphatic rings. The average molecular weight is 382 g/mol. The van der Waals surface area contributed by atoms with Crippen molar-refractivity contribution in [3.05, 3.63) is 23.8 Å². The highest BCUT2D eigenvalue weighted by Gasteiger charge is 2.23. The van der Waals surface area contributed by atoms with Crippen LogP contribution in [0.5, 0.6) is 0 Å². The van der Waals surface area contributed by atoms with E-state index in [1.165, 1.54) is 12.1 Å². The zero-order valence-electron chi connectivity index (χ0n) is 15.1. The standard InChI is InChI=1S/C17H26N4O4S/c1-12-5-6-14(26(2,24)25)10-15(12)20-17(23)19-7-9-21-8-3-4-13(11-21)16(18)22/h5-6,10,13H,3-4,7-9,11H2,1-2H3,(H2,18,22)(H2,19,20,23). The molecule has 4 N–H and O–H groups in total. The third-order valence-electron chi connectivity index (χ3n) is 4.51. The van der Waals surface area contributed by atoms with Crippen LogP contribution in [0.2, 0.25) is 0 Å². The second-order valence-electron chi connectivity index (χ2n) is 6.67. The smallest absolute Gasteiger partial charge is 0.319 e. The lowest BCUT2D eigenvalue weighted by atomic mass is 9.97. The maximum Gasteiger partial charge on any atom is 0.319 e. The van der Waals surface area contributed by atoms with E-state index in [1.54, 1.807) is 13.0 Å². The number of aryl methyl sites for hydroxylation is 1. The highest BCUT2D eigenvalue weighted by molar-refractivity contribution is 7.90. The maximum absolute atomic E-state index is 12.1. The van der Waals surface area contributed by atoms with Crippen LogP contribution in [0.25, 0.3) is 0 Å². The number of nitrogens with two attached hydrogens (primary N) is 1. The summed E-state index contributed by atoms with van der Waals surface area (Å²) >= 11 is 0. The molecule has 2 rings (SSSR count). The Labute approximate surface area is 154 Å². The van der Waals surface area contributed by atoms with Gasteiger partial charge in [0.1, 0.15) is 0 Å². The molecule has 1 aromatic carbocycles. The summed E-state index contributed by atoms with van der Waals surface area (Å²) in [5, 5.41) is 5.43. The van der Waals surface area contributed by atoms with Gasteiger partial charge in [-0.05, 0) is 44.0 Å². The number of carbonyl (C=O) groups excluding carboxylic acids is 2. The van der Waals surface area contributed by atoms with E-state index in [1.807, 2.05) is 0 Å². The van der Waals surface area contributed by atoms with Crippen molar-refractivity contribution in [1.29, 1.82) is 0 Å². The van der Waals surface area contributed by atoms with Crippen molar-refractivity contribution < 1.29 is 18.0 Å². The lowest BCUT2D eigenvalue weighted by Crippen LogP contribution is -2.44. The van der Waals surface area contributed by atoms with E-state index >= 15 is 0 Å². The van der Waals surface area contributed by atoms with E-state index in [-0.39, 0.29) is 16.7 Å². The molecule has 26 heavy (non-hydrogen) atoms. The van der Waals surface area contributed by atoms with Gasteiger partial charge in [-0.25, -0.2) is 13.2 Å². The fraction of sp³-hybridized carbons (Fsp3) is 0.529. The van der Waals surface area contributed by atoms with Gasteiger partial charge >= 0.3 is 6.03 Å². The van der Waals surface area contributed by atoms with Gasteiger partial charge in [0.15, 0.2) is 9.84 Å². The lowest BCUT2D eigenvalue weighted by molar-refractivity contribution is -0.123. The summed E-state index contributed by atoms with van der Waals surface area (Å²) in [6.45, 7) is 4.33. The fourth-order valence-corrected chi connectivity index (χ4v) is 3.60. The van der Waals surface area contributed by atoms with E-state index < -0.39 is 15.9 Å². The van der Waals surface area contributed by atoms with E-state index in [0.717, 1.165) is 31.2 Å². The molecule has 0 bridgehead atoms. The summed E-state index contributed by atoms with van der Waals surface area (Å²) < 4.78 is 23.3. The highest BCUT2D eigenvalue weighted by Crippen LogP contribution is 2.20. The highest BCUT2D eigenvalue weighted by atomic mass is 32.2. The zero-order chi connectivity index (χ0) is 19.3. The molecule has 0 radical (unpaired) electrons. The topological polar surface area (TPSA) is 122 Å². The normalized spacial score (nSPS) is 18.3. The number of nitrogens with one attached hydrogen (secondary N) is 2. The number of amides is 3.